The zero-order valence-corrected chi connectivity index (χ0v) is 10.7. The number of nitrogen functional groups attached to an aromatic ring is 1. The normalized spacial score (nSPS) is 17.4. The van der Waals surface area contributed by atoms with Gasteiger partial charge in [-0.1, -0.05) is 24.3 Å². The van der Waals surface area contributed by atoms with Crippen LogP contribution >= 0.6 is 11.3 Å². The summed E-state index contributed by atoms with van der Waals surface area (Å²) in [7, 11) is 0. The van der Waals surface area contributed by atoms with Crippen molar-refractivity contribution in [2.24, 2.45) is 0 Å². The van der Waals surface area contributed by atoms with E-state index >= 15 is 0 Å². The van der Waals surface area contributed by atoms with Crippen molar-refractivity contribution in [3.63, 3.8) is 0 Å². The maximum absolute atomic E-state index is 8.66. The molecule has 0 bridgehead atoms. The van der Waals surface area contributed by atoms with Crippen molar-refractivity contribution in [3.8, 4) is 6.07 Å². The summed E-state index contributed by atoms with van der Waals surface area (Å²) in [5.74, 6) is 0.436. The molecule has 1 aliphatic rings. The summed E-state index contributed by atoms with van der Waals surface area (Å²) in [5.41, 5.74) is 9.31. The van der Waals surface area contributed by atoms with E-state index in [1.54, 1.807) is 11.3 Å². The SMILES string of the molecule is N#CCc1ccc(C2CCc3nc(N)sc32)cc1. The molecule has 1 aromatic heterocycles. The minimum Gasteiger partial charge on any atom is -0.375 e. The molecule has 0 aliphatic heterocycles. The third-order valence-electron chi connectivity index (χ3n) is 3.40. The number of nitriles is 1. The molecule has 90 valence electrons. The summed E-state index contributed by atoms with van der Waals surface area (Å²) in [6.07, 6.45) is 2.61. The topological polar surface area (TPSA) is 62.7 Å². The Balaban J connectivity index is 1.90. The van der Waals surface area contributed by atoms with Gasteiger partial charge in [0.25, 0.3) is 0 Å². The molecule has 1 atom stereocenters. The summed E-state index contributed by atoms with van der Waals surface area (Å²) in [4.78, 5) is 5.69. The van der Waals surface area contributed by atoms with Crippen LogP contribution in [0.25, 0.3) is 0 Å². The number of aryl methyl sites for hydroxylation is 1. The second-order valence-corrected chi connectivity index (χ2v) is 5.59. The summed E-state index contributed by atoms with van der Waals surface area (Å²) in [5, 5.41) is 9.33. The van der Waals surface area contributed by atoms with Gasteiger partial charge in [0.05, 0.1) is 18.2 Å². The second kappa shape index (κ2) is 4.43. The van der Waals surface area contributed by atoms with E-state index in [1.807, 2.05) is 12.1 Å². The summed E-state index contributed by atoms with van der Waals surface area (Å²) in [6, 6.07) is 10.5. The van der Waals surface area contributed by atoms with Crippen molar-refractivity contribution in [2.75, 3.05) is 5.73 Å². The summed E-state index contributed by atoms with van der Waals surface area (Å²) in [6.45, 7) is 0. The maximum atomic E-state index is 8.66. The molecule has 2 aromatic rings. The molecule has 3 nitrogen and oxygen atoms in total. The molecule has 2 N–H and O–H groups in total. The predicted octanol–water partition coefficient (Wildman–Crippen LogP) is 2.87. The number of thiazole rings is 1. The van der Waals surface area contributed by atoms with Gasteiger partial charge in [-0.25, -0.2) is 4.98 Å². The number of hydrogen-bond acceptors (Lipinski definition) is 4. The zero-order chi connectivity index (χ0) is 12.5. The minimum absolute atomic E-state index is 0.436. The van der Waals surface area contributed by atoms with Gasteiger partial charge in [0.1, 0.15) is 0 Å². The molecule has 18 heavy (non-hydrogen) atoms. The van der Waals surface area contributed by atoms with Crippen LogP contribution in [0.4, 0.5) is 5.13 Å². The van der Waals surface area contributed by atoms with E-state index in [-0.39, 0.29) is 0 Å². The lowest BCUT2D eigenvalue weighted by Crippen LogP contribution is -1.94. The van der Waals surface area contributed by atoms with Crippen LogP contribution in [0.1, 0.15) is 34.0 Å². The summed E-state index contributed by atoms with van der Waals surface area (Å²) >= 11 is 1.61. The molecular formula is C14H13N3S. The number of nitrogens with two attached hydrogens (primary N) is 1. The average molecular weight is 255 g/mol. The molecule has 0 amide bonds. The molecule has 0 radical (unpaired) electrons. The predicted molar refractivity (Wildman–Crippen MR) is 72.4 cm³/mol. The molecule has 1 aromatic carbocycles. The number of anilines is 1. The lowest BCUT2D eigenvalue weighted by molar-refractivity contribution is 0.790. The standard InChI is InChI=1S/C14H13N3S/c15-8-7-9-1-3-10(4-2-9)11-5-6-12-13(11)18-14(16)17-12/h1-4,11H,5-7H2,(H2,16,17). The van der Waals surface area contributed by atoms with E-state index in [0.717, 1.165) is 18.4 Å². The van der Waals surface area contributed by atoms with Gasteiger partial charge in [-0.2, -0.15) is 5.26 Å². The van der Waals surface area contributed by atoms with Gasteiger partial charge in [-0.05, 0) is 24.0 Å². The third-order valence-corrected chi connectivity index (χ3v) is 4.44. The van der Waals surface area contributed by atoms with Crippen LogP contribution in [0.2, 0.25) is 0 Å². The van der Waals surface area contributed by atoms with E-state index < -0.39 is 0 Å². The lowest BCUT2D eigenvalue weighted by Gasteiger charge is -2.10. The number of nitrogens with zero attached hydrogens (tertiary/aromatic N) is 2. The molecular weight excluding hydrogens is 242 g/mol. The fourth-order valence-corrected chi connectivity index (χ4v) is 3.57. The van der Waals surface area contributed by atoms with Gasteiger partial charge >= 0.3 is 0 Å². The van der Waals surface area contributed by atoms with Crippen molar-refractivity contribution < 1.29 is 0 Å². The molecule has 1 aliphatic carbocycles. The van der Waals surface area contributed by atoms with Crippen molar-refractivity contribution in [2.45, 2.75) is 25.2 Å². The Labute approximate surface area is 110 Å². The van der Waals surface area contributed by atoms with Crippen LogP contribution in [-0.2, 0) is 12.8 Å². The fraction of sp³-hybridized carbons (Fsp3) is 0.286. The first-order chi connectivity index (χ1) is 8.78. The third kappa shape index (κ3) is 1.87. The Morgan fingerprint density at radius 3 is 2.89 bits per heavy atom. The van der Waals surface area contributed by atoms with Crippen molar-refractivity contribution in [3.05, 3.63) is 46.0 Å². The molecule has 0 saturated heterocycles. The number of hydrogen-bond donors (Lipinski definition) is 1. The van der Waals surface area contributed by atoms with E-state index in [1.165, 1.54) is 16.1 Å². The van der Waals surface area contributed by atoms with Crippen LogP contribution in [0.3, 0.4) is 0 Å². The first-order valence-electron chi connectivity index (χ1n) is 5.99. The molecule has 1 heterocycles. The lowest BCUT2D eigenvalue weighted by atomic mass is 9.97. The van der Waals surface area contributed by atoms with Gasteiger partial charge in [-0.3, -0.25) is 0 Å². The van der Waals surface area contributed by atoms with E-state index in [2.05, 4.69) is 23.2 Å². The Bertz CT molecular complexity index is 607. The largest absolute Gasteiger partial charge is 0.375 e. The summed E-state index contributed by atoms with van der Waals surface area (Å²) < 4.78 is 0. The number of aromatic nitrogens is 1. The van der Waals surface area contributed by atoms with Gasteiger partial charge in [0.15, 0.2) is 5.13 Å². The number of rotatable bonds is 2. The minimum atomic E-state index is 0.436. The molecule has 0 spiro atoms. The Morgan fingerprint density at radius 1 is 1.39 bits per heavy atom. The average Bonchev–Trinajstić information content (AvgIpc) is 2.89. The zero-order valence-electron chi connectivity index (χ0n) is 9.89. The highest BCUT2D eigenvalue weighted by atomic mass is 32.1. The number of benzene rings is 1. The molecule has 1 unspecified atom stereocenters. The van der Waals surface area contributed by atoms with Crippen molar-refractivity contribution >= 4 is 16.5 Å². The van der Waals surface area contributed by atoms with E-state index in [4.69, 9.17) is 11.0 Å². The monoisotopic (exact) mass is 255 g/mol. The van der Waals surface area contributed by atoms with Crippen LogP contribution in [-0.4, -0.2) is 4.98 Å². The van der Waals surface area contributed by atoms with Crippen LogP contribution in [0, 0.1) is 11.3 Å². The highest BCUT2D eigenvalue weighted by Crippen LogP contribution is 2.42. The van der Waals surface area contributed by atoms with Crippen LogP contribution < -0.4 is 5.73 Å². The van der Waals surface area contributed by atoms with Gasteiger partial charge in [-0.15, -0.1) is 11.3 Å². The first kappa shape index (κ1) is 11.2. The van der Waals surface area contributed by atoms with Crippen molar-refractivity contribution in [1.82, 2.24) is 4.98 Å². The Kier molecular flexibility index (Phi) is 2.77. The highest BCUT2D eigenvalue weighted by Gasteiger charge is 2.27. The van der Waals surface area contributed by atoms with Gasteiger partial charge in [0.2, 0.25) is 0 Å². The smallest absolute Gasteiger partial charge is 0.180 e. The quantitative estimate of drug-likeness (QED) is 0.897. The highest BCUT2D eigenvalue weighted by molar-refractivity contribution is 7.15. The molecule has 3 rings (SSSR count). The Hall–Kier alpha value is -1.86. The first-order valence-corrected chi connectivity index (χ1v) is 6.80. The van der Waals surface area contributed by atoms with Crippen LogP contribution in [0.5, 0.6) is 0 Å². The van der Waals surface area contributed by atoms with Crippen molar-refractivity contribution in [1.29, 1.82) is 5.26 Å². The molecule has 0 fully saturated rings. The van der Waals surface area contributed by atoms with E-state index in [0.29, 0.717) is 17.5 Å². The van der Waals surface area contributed by atoms with E-state index in [9.17, 15) is 0 Å². The maximum Gasteiger partial charge on any atom is 0.180 e. The van der Waals surface area contributed by atoms with Crippen LogP contribution in [0.15, 0.2) is 24.3 Å². The van der Waals surface area contributed by atoms with Gasteiger partial charge < -0.3 is 5.73 Å². The second-order valence-electron chi connectivity index (χ2n) is 4.53. The number of fused-ring (bicyclic) bond motifs is 1. The molecule has 0 saturated carbocycles. The fourth-order valence-electron chi connectivity index (χ4n) is 2.52. The Morgan fingerprint density at radius 2 is 2.17 bits per heavy atom. The molecule has 4 heteroatoms. The van der Waals surface area contributed by atoms with Gasteiger partial charge in [0, 0.05) is 10.8 Å².